The lowest BCUT2D eigenvalue weighted by molar-refractivity contribution is -0.151. The van der Waals surface area contributed by atoms with Gasteiger partial charge in [0.15, 0.2) is 6.61 Å². The van der Waals surface area contributed by atoms with Crippen LogP contribution >= 0.6 is 0 Å². The monoisotopic (exact) mass is 455 g/mol. The lowest BCUT2D eigenvalue weighted by atomic mass is 10.1. The number of carbonyl (C=O) groups excluding carboxylic acids is 3. The minimum atomic E-state index is -4.07. The second kappa shape index (κ2) is 10.2. The molecule has 11 heteroatoms. The number of aliphatic hydroxyl groups excluding tert-OH is 1. The fourth-order valence-corrected chi connectivity index (χ4v) is 4.72. The zero-order chi connectivity index (χ0) is 23.3. The molecule has 1 heterocycles. The van der Waals surface area contributed by atoms with Gasteiger partial charge in [0.1, 0.15) is 6.04 Å². The van der Waals surface area contributed by atoms with Crippen LogP contribution < -0.4 is 10.6 Å². The topological polar surface area (TPSA) is 142 Å². The Labute approximate surface area is 182 Å². The largest absolute Gasteiger partial charge is 0.454 e. The summed E-state index contributed by atoms with van der Waals surface area (Å²) in [7, 11) is -4.07. The summed E-state index contributed by atoms with van der Waals surface area (Å²) < 4.78 is 31.9. The molecule has 2 unspecified atom stereocenters. The molecule has 1 saturated heterocycles. The van der Waals surface area contributed by atoms with Crippen LogP contribution in [0.25, 0.3) is 0 Å². The van der Waals surface area contributed by atoms with Gasteiger partial charge in [0.05, 0.1) is 11.0 Å². The van der Waals surface area contributed by atoms with Crippen molar-refractivity contribution in [2.75, 3.05) is 19.7 Å². The SMILES string of the molecule is Cc1ccc(S(=O)(=O)N2CC(O)CC2C(=O)OCC(=O)NC(=O)NCC(C)C)cc1C. The van der Waals surface area contributed by atoms with Crippen molar-refractivity contribution in [1.82, 2.24) is 14.9 Å². The maximum Gasteiger partial charge on any atom is 0.325 e. The van der Waals surface area contributed by atoms with E-state index < -0.39 is 46.7 Å². The number of ether oxygens (including phenoxy) is 1. The van der Waals surface area contributed by atoms with E-state index in [1.807, 2.05) is 26.1 Å². The highest BCUT2D eigenvalue weighted by atomic mass is 32.2. The molecule has 0 spiro atoms. The summed E-state index contributed by atoms with van der Waals surface area (Å²) in [6.07, 6.45) is -1.20. The van der Waals surface area contributed by atoms with Gasteiger partial charge in [-0.3, -0.25) is 14.9 Å². The van der Waals surface area contributed by atoms with Crippen molar-refractivity contribution < 1.29 is 32.6 Å². The molecular formula is C20H29N3O7S. The van der Waals surface area contributed by atoms with Crippen molar-refractivity contribution in [2.24, 2.45) is 5.92 Å². The number of aryl methyl sites for hydroxylation is 2. The summed E-state index contributed by atoms with van der Waals surface area (Å²) in [5.41, 5.74) is 1.69. The van der Waals surface area contributed by atoms with Gasteiger partial charge < -0.3 is 15.2 Å². The molecule has 1 aliphatic heterocycles. The summed E-state index contributed by atoms with van der Waals surface area (Å²) in [5.74, 6) is -1.63. The van der Waals surface area contributed by atoms with Crippen molar-refractivity contribution in [3.8, 4) is 0 Å². The number of hydrogen-bond donors (Lipinski definition) is 3. The number of β-amino-alcohol motifs (C(OH)–C–C–N with tert-alkyl or cyclic N) is 1. The number of sulfonamides is 1. The molecule has 31 heavy (non-hydrogen) atoms. The van der Waals surface area contributed by atoms with E-state index in [0.29, 0.717) is 6.54 Å². The second-order valence-electron chi connectivity index (χ2n) is 7.99. The van der Waals surface area contributed by atoms with Gasteiger partial charge in [0.25, 0.3) is 5.91 Å². The second-order valence-corrected chi connectivity index (χ2v) is 9.88. The normalized spacial score (nSPS) is 19.3. The molecule has 3 N–H and O–H groups in total. The summed E-state index contributed by atoms with van der Waals surface area (Å²) in [5, 5.41) is 14.5. The van der Waals surface area contributed by atoms with Gasteiger partial charge in [0, 0.05) is 19.5 Å². The third-order valence-electron chi connectivity index (χ3n) is 4.86. The molecular weight excluding hydrogens is 426 g/mol. The Morgan fingerprint density at radius 3 is 2.52 bits per heavy atom. The minimum absolute atomic E-state index is 0.00191. The van der Waals surface area contributed by atoms with Gasteiger partial charge in [-0.2, -0.15) is 4.31 Å². The molecule has 1 aromatic rings. The molecule has 0 radical (unpaired) electrons. The Bertz CT molecular complexity index is 946. The lowest BCUT2D eigenvalue weighted by Crippen LogP contribution is -2.44. The number of benzene rings is 1. The molecule has 2 rings (SSSR count). The Balaban J connectivity index is 2.03. The predicted octanol–water partition coefficient (Wildman–Crippen LogP) is 0.452. The van der Waals surface area contributed by atoms with E-state index >= 15 is 0 Å². The highest BCUT2D eigenvalue weighted by Crippen LogP contribution is 2.28. The smallest absolute Gasteiger partial charge is 0.325 e. The van der Waals surface area contributed by atoms with Crippen LogP contribution in [0.4, 0.5) is 4.79 Å². The predicted molar refractivity (Wildman–Crippen MR) is 112 cm³/mol. The molecule has 0 aliphatic carbocycles. The first kappa shape index (κ1) is 24.8. The third-order valence-corrected chi connectivity index (χ3v) is 6.73. The van der Waals surface area contributed by atoms with Crippen LogP contribution in [0.1, 0.15) is 31.4 Å². The first-order valence-corrected chi connectivity index (χ1v) is 11.4. The molecule has 1 fully saturated rings. The highest BCUT2D eigenvalue weighted by Gasteiger charge is 2.44. The van der Waals surface area contributed by atoms with Crippen molar-refractivity contribution in [1.29, 1.82) is 0 Å². The van der Waals surface area contributed by atoms with E-state index in [-0.39, 0.29) is 23.8 Å². The molecule has 0 saturated carbocycles. The number of esters is 1. The highest BCUT2D eigenvalue weighted by molar-refractivity contribution is 7.89. The Kier molecular flexibility index (Phi) is 8.15. The number of nitrogens with zero attached hydrogens (tertiary/aromatic N) is 1. The van der Waals surface area contributed by atoms with Gasteiger partial charge in [0.2, 0.25) is 10.0 Å². The van der Waals surface area contributed by atoms with Gasteiger partial charge in [-0.15, -0.1) is 0 Å². The van der Waals surface area contributed by atoms with E-state index in [9.17, 15) is 27.9 Å². The van der Waals surface area contributed by atoms with Gasteiger partial charge in [-0.05, 0) is 43.0 Å². The minimum Gasteiger partial charge on any atom is -0.454 e. The first-order chi connectivity index (χ1) is 14.4. The summed E-state index contributed by atoms with van der Waals surface area (Å²) in [6.45, 7) is 6.74. The van der Waals surface area contributed by atoms with Crippen LogP contribution in [0.15, 0.2) is 23.1 Å². The molecule has 2 atom stereocenters. The number of nitrogens with one attached hydrogen (secondary N) is 2. The maximum absolute atomic E-state index is 13.0. The van der Waals surface area contributed by atoms with E-state index in [0.717, 1.165) is 15.4 Å². The molecule has 0 aromatic heterocycles. The van der Waals surface area contributed by atoms with E-state index in [1.165, 1.54) is 12.1 Å². The quantitative estimate of drug-likeness (QED) is 0.507. The van der Waals surface area contributed by atoms with Crippen LogP contribution in [-0.2, 0) is 24.3 Å². The van der Waals surface area contributed by atoms with E-state index in [2.05, 4.69) is 5.32 Å². The van der Waals surface area contributed by atoms with Gasteiger partial charge >= 0.3 is 12.0 Å². The van der Waals surface area contributed by atoms with Crippen molar-refractivity contribution >= 4 is 27.9 Å². The standard InChI is InChI=1S/C20H29N3O7S/c1-12(2)9-21-20(27)22-18(25)11-30-19(26)17-8-15(24)10-23(17)31(28,29)16-6-5-13(3)14(4)7-16/h5-7,12,15,17,24H,8-11H2,1-4H3,(H2,21,22,25,27). The van der Waals surface area contributed by atoms with Crippen LogP contribution in [0.2, 0.25) is 0 Å². The number of imide groups is 1. The van der Waals surface area contributed by atoms with E-state index in [4.69, 9.17) is 4.74 Å². The maximum atomic E-state index is 13.0. The number of amides is 3. The molecule has 10 nitrogen and oxygen atoms in total. The molecule has 1 aromatic carbocycles. The Morgan fingerprint density at radius 1 is 1.23 bits per heavy atom. The number of rotatable bonds is 7. The molecule has 3 amide bonds. The number of hydrogen-bond acceptors (Lipinski definition) is 7. The zero-order valence-electron chi connectivity index (χ0n) is 18.0. The number of aliphatic hydroxyl groups is 1. The molecule has 172 valence electrons. The van der Waals surface area contributed by atoms with Gasteiger partial charge in [-0.25, -0.2) is 13.2 Å². The summed E-state index contributed by atoms with van der Waals surface area (Å²) in [6, 6.07) is 2.61. The van der Waals surface area contributed by atoms with Crippen LogP contribution in [0.3, 0.4) is 0 Å². The number of carbonyl (C=O) groups is 3. The van der Waals surface area contributed by atoms with Crippen molar-refractivity contribution in [3.05, 3.63) is 29.3 Å². The lowest BCUT2D eigenvalue weighted by Gasteiger charge is -2.22. The van der Waals surface area contributed by atoms with Crippen LogP contribution in [0.5, 0.6) is 0 Å². The summed E-state index contributed by atoms with van der Waals surface area (Å²) in [4.78, 5) is 35.9. The third kappa shape index (κ3) is 6.49. The average Bonchev–Trinajstić information content (AvgIpc) is 3.09. The van der Waals surface area contributed by atoms with Gasteiger partial charge in [-0.1, -0.05) is 19.9 Å². The first-order valence-electron chi connectivity index (χ1n) is 9.93. The fourth-order valence-electron chi connectivity index (χ4n) is 3.01. The average molecular weight is 456 g/mol. The fraction of sp³-hybridized carbons (Fsp3) is 0.550. The Hall–Kier alpha value is -2.50. The van der Waals surface area contributed by atoms with Crippen LogP contribution in [-0.4, -0.2) is 67.6 Å². The zero-order valence-corrected chi connectivity index (χ0v) is 18.9. The van der Waals surface area contributed by atoms with Crippen molar-refractivity contribution in [3.63, 3.8) is 0 Å². The van der Waals surface area contributed by atoms with Crippen molar-refractivity contribution in [2.45, 2.75) is 51.2 Å². The van der Waals surface area contributed by atoms with E-state index in [1.54, 1.807) is 13.0 Å². The Morgan fingerprint density at radius 2 is 1.90 bits per heavy atom. The van der Waals surface area contributed by atoms with Crippen LogP contribution in [0, 0.1) is 19.8 Å². The summed E-state index contributed by atoms with van der Waals surface area (Å²) >= 11 is 0. The molecule has 1 aliphatic rings. The molecule has 0 bridgehead atoms. The number of urea groups is 1.